The molecule has 27 heavy (non-hydrogen) atoms. The summed E-state index contributed by atoms with van der Waals surface area (Å²) in [6.45, 7) is 8.50. The van der Waals surface area contributed by atoms with Gasteiger partial charge in [0.25, 0.3) is 17.7 Å². The molecular formula is C21H26N2O4. The third-order valence-electron chi connectivity index (χ3n) is 3.51. The Kier molecular flexibility index (Phi) is 8.33. The maximum atomic E-state index is 12.0. The van der Waals surface area contributed by atoms with Gasteiger partial charge in [-0.1, -0.05) is 46.6 Å². The molecule has 0 saturated carbocycles. The number of hydrogen-bond acceptors (Lipinski definition) is 4. The van der Waals surface area contributed by atoms with E-state index in [1.54, 1.807) is 0 Å². The summed E-state index contributed by atoms with van der Waals surface area (Å²) in [6.07, 6.45) is 3.10. The molecule has 0 unspecified atom stereocenters. The van der Waals surface area contributed by atoms with Gasteiger partial charge in [0.2, 0.25) is 0 Å². The summed E-state index contributed by atoms with van der Waals surface area (Å²) in [6, 6.07) is 5.90. The molecule has 0 spiro atoms. The van der Waals surface area contributed by atoms with Crippen molar-refractivity contribution in [2.75, 3.05) is 7.05 Å². The largest absolute Gasteiger partial charge is 0.355 e. The SMILES string of the molecule is CCC.CCC.CNC(=O)c1ccc2c3c(ccc(C=O)c13)C(=O)NC2=O. The molecule has 2 aromatic carbocycles. The van der Waals surface area contributed by atoms with Crippen molar-refractivity contribution in [3.8, 4) is 0 Å². The number of benzene rings is 2. The minimum Gasteiger partial charge on any atom is -0.355 e. The summed E-state index contributed by atoms with van der Waals surface area (Å²) in [5.41, 5.74) is 1.06. The molecule has 3 amide bonds. The standard InChI is InChI=1S/C15H10N2O4.2C3H8/c1-16-13(19)8-4-5-10-12-9(14(20)17-15(10)21)3-2-7(6-18)11(8)12;2*1-3-2/h2-6H,1H3,(H,16,19)(H,17,20,21);2*3H2,1-2H3. The molecule has 6 nitrogen and oxygen atoms in total. The van der Waals surface area contributed by atoms with Crippen LogP contribution in [-0.2, 0) is 0 Å². The summed E-state index contributed by atoms with van der Waals surface area (Å²) in [4.78, 5) is 47.1. The highest BCUT2D eigenvalue weighted by Gasteiger charge is 2.28. The fourth-order valence-corrected chi connectivity index (χ4v) is 2.56. The molecule has 0 aromatic heterocycles. The summed E-state index contributed by atoms with van der Waals surface area (Å²) in [5, 5.41) is 5.37. The Labute approximate surface area is 159 Å². The average Bonchev–Trinajstić information content (AvgIpc) is 2.66. The van der Waals surface area contributed by atoms with E-state index in [2.05, 4.69) is 38.3 Å². The van der Waals surface area contributed by atoms with E-state index in [9.17, 15) is 19.2 Å². The van der Waals surface area contributed by atoms with E-state index < -0.39 is 11.8 Å². The highest BCUT2D eigenvalue weighted by molar-refractivity contribution is 6.29. The molecule has 0 saturated heterocycles. The van der Waals surface area contributed by atoms with Crippen LogP contribution in [0.2, 0.25) is 0 Å². The Bertz CT molecular complexity index is 850. The first-order chi connectivity index (χ1) is 12.9. The summed E-state index contributed by atoms with van der Waals surface area (Å²) in [5.74, 6) is -1.46. The van der Waals surface area contributed by atoms with Gasteiger partial charge in [0.05, 0.1) is 0 Å². The van der Waals surface area contributed by atoms with Crippen LogP contribution >= 0.6 is 0 Å². The Morgan fingerprint density at radius 3 is 1.85 bits per heavy atom. The second-order valence-corrected chi connectivity index (χ2v) is 6.01. The van der Waals surface area contributed by atoms with Gasteiger partial charge in [0, 0.05) is 40.1 Å². The lowest BCUT2D eigenvalue weighted by Crippen LogP contribution is -2.35. The molecule has 0 bridgehead atoms. The first-order valence-electron chi connectivity index (χ1n) is 9.04. The average molecular weight is 370 g/mol. The molecule has 3 rings (SSSR count). The quantitative estimate of drug-likeness (QED) is 0.622. The lowest BCUT2D eigenvalue weighted by atomic mass is 9.89. The number of amides is 3. The zero-order valence-corrected chi connectivity index (χ0v) is 16.4. The third-order valence-corrected chi connectivity index (χ3v) is 3.51. The monoisotopic (exact) mass is 370 g/mol. The van der Waals surface area contributed by atoms with E-state index in [0.717, 1.165) is 0 Å². The van der Waals surface area contributed by atoms with Gasteiger partial charge in [-0.05, 0) is 18.2 Å². The third kappa shape index (κ3) is 4.58. The molecule has 0 atom stereocenters. The molecule has 144 valence electrons. The van der Waals surface area contributed by atoms with Crippen LogP contribution in [0, 0.1) is 0 Å². The first-order valence-corrected chi connectivity index (χ1v) is 9.04. The summed E-state index contributed by atoms with van der Waals surface area (Å²) < 4.78 is 0. The van der Waals surface area contributed by atoms with E-state index in [4.69, 9.17) is 0 Å². The fraction of sp³-hybridized carbons (Fsp3) is 0.333. The van der Waals surface area contributed by atoms with Crippen LogP contribution in [0.15, 0.2) is 24.3 Å². The van der Waals surface area contributed by atoms with Crippen molar-refractivity contribution < 1.29 is 19.2 Å². The highest BCUT2D eigenvalue weighted by Crippen LogP contribution is 2.31. The van der Waals surface area contributed by atoms with Gasteiger partial charge < -0.3 is 5.32 Å². The van der Waals surface area contributed by atoms with E-state index >= 15 is 0 Å². The molecule has 0 radical (unpaired) electrons. The lowest BCUT2D eigenvalue weighted by molar-refractivity contribution is 0.0842. The Morgan fingerprint density at radius 1 is 0.926 bits per heavy atom. The molecule has 0 aliphatic carbocycles. The van der Waals surface area contributed by atoms with Gasteiger partial charge >= 0.3 is 0 Å². The molecule has 1 aliphatic rings. The van der Waals surface area contributed by atoms with Gasteiger partial charge in [-0.25, -0.2) is 0 Å². The predicted molar refractivity (Wildman–Crippen MR) is 106 cm³/mol. The van der Waals surface area contributed by atoms with E-state index in [-0.39, 0.29) is 28.2 Å². The maximum Gasteiger partial charge on any atom is 0.258 e. The summed E-state index contributed by atoms with van der Waals surface area (Å²) >= 11 is 0. The zero-order chi connectivity index (χ0) is 20.6. The van der Waals surface area contributed by atoms with Gasteiger partial charge in [0.1, 0.15) is 0 Å². The first kappa shape index (κ1) is 22.0. The van der Waals surface area contributed by atoms with Crippen LogP contribution in [0.25, 0.3) is 10.8 Å². The Balaban J connectivity index is 0.000000540. The van der Waals surface area contributed by atoms with Gasteiger partial charge in [-0.15, -0.1) is 0 Å². The van der Waals surface area contributed by atoms with Crippen molar-refractivity contribution in [3.63, 3.8) is 0 Å². The van der Waals surface area contributed by atoms with E-state index in [1.165, 1.54) is 44.2 Å². The number of rotatable bonds is 2. The van der Waals surface area contributed by atoms with Crippen molar-refractivity contribution in [2.24, 2.45) is 0 Å². The minimum atomic E-state index is -0.538. The van der Waals surface area contributed by atoms with E-state index in [0.29, 0.717) is 17.1 Å². The highest BCUT2D eigenvalue weighted by atomic mass is 16.2. The molecule has 2 N–H and O–H groups in total. The van der Waals surface area contributed by atoms with Crippen LogP contribution in [0.5, 0.6) is 0 Å². The van der Waals surface area contributed by atoms with Crippen LogP contribution < -0.4 is 10.6 Å². The van der Waals surface area contributed by atoms with Crippen molar-refractivity contribution in [1.29, 1.82) is 0 Å². The van der Waals surface area contributed by atoms with E-state index in [1.807, 2.05) is 0 Å². The zero-order valence-electron chi connectivity index (χ0n) is 16.4. The number of nitrogens with one attached hydrogen (secondary N) is 2. The molecule has 1 heterocycles. The number of carbonyl (C=O) groups excluding carboxylic acids is 4. The summed E-state index contributed by atoms with van der Waals surface area (Å²) in [7, 11) is 1.47. The number of imide groups is 1. The van der Waals surface area contributed by atoms with Gasteiger partial charge in [0.15, 0.2) is 6.29 Å². The molecular weight excluding hydrogens is 344 g/mol. The Hall–Kier alpha value is -3.02. The van der Waals surface area contributed by atoms with Crippen molar-refractivity contribution in [2.45, 2.75) is 40.5 Å². The van der Waals surface area contributed by atoms with Crippen molar-refractivity contribution in [3.05, 3.63) is 46.5 Å². The van der Waals surface area contributed by atoms with Crippen LogP contribution in [0.1, 0.15) is 82.0 Å². The predicted octanol–water partition coefficient (Wildman–Crippen LogP) is 3.73. The Morgan fingerprint density at radius 2 is 1.41 bits per heavy atom. The molecule has 0 fully saturated rings. The maximum absolute atomic E-state index is 12.0. The molecule has 6 heteroatoms. The topological polar surface area (TPSA) is 92.3 Å². The fourth-order valence-electron chi connectivity index (χ4n) is 2.56. The van der Waals surface area contributed by atoms with Crippen LogP contribution in [0.3, 0.4) is 0 Å². The molecule has 2 aromatic rings. The lowest BCUT2D eigenvalue weighted by Gasteiger charge is -2.19. The minimum absolute atomic E-state index is 0.253. The van der Waals surface area contributed by atoms with Crippen molar-refractivity contribution >= 4 is 34.8 Å². The second kappa shape index (κ2) is 10.2. The number of aldehydes is 1. The van der Waals surface area contributed by atoms with Crippen molar-refractivity contribution in [1.82, 2.24) is 10.6 Å². The normalized spacial score (nSPS) is 11.4. The second-order valence-electron chi connectivity index (χ2n) is 6.01. The van der Waals surface area contributed by atoms with Gasteiger partial charge in [-0.3, -0.25) is 24.5 Å². The number of hydrogen-bond donors (Lipinski definition) is 2. The van der Waals surface area contributed by atoms with Crippen LogP contribution in [-0.4, -0.2) is 31.1 Å². The van der Waals surface area contributed by atoms with Gasteiger partial charge in [-0.2, -0.15) is 0 Å². The molecule has 1 aliphatic heterocycles. The smallest absolute Gasteiger partial charge is 0.258 e. The number of carbonyl (C=O) groups is 4. The van der Waals surface area contributed by atoms with Crippen LogP contribution in [0.4, 0.5) is 0 Å².